The molecular formula is C17H22N2O2. The van der Waals surface area contributed by atoms with E-state index >= 15 is 0 Å². The molecule has 0 N–H and O–H groups in total. The van der Waals surface area contributed by atoms with Crippen LogP contribution in [0.1, 0.15) is 36.5 Å². The maximum Gasteiger partial charge on any atom is 0.220 e. The lowest BCUT2D eigenvalue weighted by atomic mass is 9.88. The minimum atomic E-state index is 0.149. The molecule has 0 unspecified atom stereocenters. The van der Waals surface area contributed by atoms with Gasteiger partial charge in [0.05, 0.1) is 0 Å². The number of amides is 2. The fourth-order valence-electron chi connectivity index (χ4n) is 3.48. The third-order valence-corrected chi connectivity index (χ3v) is 4.83. The highest BCUT2D eigenvalue weighted by atomic mass is 16.2. The molecule has 4 heteroatoms. The van der Waals surface area contributed by atoms with Crippen LogP contribution in [0.5, 0.6) is 0 Å². The summed E-state index contributed by atoms with van der Waals surface area (Å²) in [7, 11) is 0. The van der Waals surface area contributed by atoms with Crippen LogP contribution in [0, 0.1) is 5.92 Å². The molecule has 0 aliphatic carbocycles. The minimum Gasteiger partial charge on any atom is -0.345 e. The Morgan fingerprint density at radius 3 is 2.71 bits per heavy atom. The van der Waals surface area contributed by atoms with Gasteiger partial charge in [0.1, 0.15) is 0 Å². The van der Waals surface area contributed by atoms with Crippen molar-refractivity contribution in [2.75, 3.05) is 13.1 Å². The van der Waals surface area contributed by atoms with Gasteiger partial charge >= 0.3 is 0 Å². The number of likely N-dealkylation sites (tertiary alicyclic amines) is 1. The second kappa shape index (κ2) is 5.88. The fraction of sp³-hybridized carbons (Fsp3) is 0.529. The Hall–Kier alpha value is -1.84. The van der Waals surface area contributed by atoms with Gasteiger partial charge in [-0.05, 0) is 41.9 Å². The molecule has 112 valence electrons. The molecule has 4 nitrogen and oxygen atoms in total. The topological polar surface area (TPSA) is 40.6 Å². The third kappa shape index (κ3) is 2.94. The largest absolute Gasteiger partial charge is 0.345 e. The number of benzene rings is 1. The summed E-state index contributed by atoms with van der Waals surface area (Å²) in [5.41, 5.74) is 4.04. The number of fused-ring (bicyclic) bond motifs is 1. The summed E-state index contributed by atoms with van der Waals surface area (Å²) < 4.78 is 0. The molecule has 0 aromatic heterocycles. The molecule has 0 saturated carbocycles. The second-order valence-corrected chi connectivity index (χ2v) is 6.22. The molecule has 0 atom stereocenters. The van der Waals surface area contributed by atoms with E-state index in [9.17, 15) is 9.59 Å². The molecule has 0 spiro atoms. The molecule has 0 radical (unpaired) electrons. The van der Waals surface area contributed by atoms with Gasteiger partial charge in [-0.3, -0.25) is 9.59 Å². The molecule has 2 aliphatic rings. The van der Waals surface area contributed by atoms with Crippen molar-refractivity contribution < 1.29 is 9.59 Å². The summed E-state index contributed by atoms with van der Waals surface area (Å²) in [6.45, 7) is 4.91. The Labute approximate surface area is 125 Å². The Morgan fingerprint density at radius 2 is 2.05 bits per heavy atom. The van der Waals surface area contributed by atoms with E-state index in [1.165, 1.54) is 16.7 Å². The first-order valence-electron chi connectivity index (χ1n) is 7.72. The van der Waals surface area contributed by atoms with Crippen LogP contribution in [0.2, 0.25) is 0 Å². The van der Waals surface area contributed by atoms with E-state index in [-0.39, 0.29) is 5.91 Å². The average molecular weight is 286 g/mol. The average Bonchev–Trinajstić information content (AvgIpc) is 2.93. The van der Waals surface area contributed by atoms with Gasteiger partial charge in [-0.2, -0.15) is 0 Å². The van der Waals surface area contributed by atoms with Crippen LogP contribution in [0.3, 0.4) is 0 Å². The lowest BCUT2D eigenvalue weighted by molar-refractivity contribution is -0.129. The van der Waals surface area contributed by atoms with E-state index in [0.717, 1.165) is 51.9 Å². The first-order chi connectivity index (χ1) is 10.2. The first-order valence-corrected chi connectivity index (χ1v) is 7.72. The molecule has 2 amide bonds. The summed E-state index contributed by atoms with van der Waals surface area (Å²) in [4.78, 5) is 26.1. The van der Waals surface area contributed by atoms with Gasteiger partial charge in [0.15, 0.2) is 0 Å². The van der Waals surface area contributed by atoms with Gasteiger partial charge in [0.25, 0.3) is 0 Å². The first kappa shape index (κ1) is 14.1. The molecule has 2 aliphatic heterocycles. The Balaban J connectivity index is 1.69. The smallest absolute Gasteiger partial charge is 0.220 e. The van der Waals surface area contributed by atoms with Crippen molar-refractivity contribution in [2.24, 2.45) is 5.92 Å². The van der Waals surface area contributed by atoms with Crippen LogP contribution in [0.4, 0.5) is 0 Å². The zero-order valence-corrected chi connectivity index (χ0v) is 12.5. The summed E-state index contributed by atoms with van der Waals surface area (Å²) in [5, 5.41) is 0. The lowest BCUT2D eigenvalue weighted by Gasteiger charge is -2.29. The predicted octanol–water partition coefficient (Wildman–Crippen LogP) is 1.96. The maximum absolute atomic E-state index is 11.6. The summed E-state index contributed by atoms with van der Waals surface area (Å²) in [5.74, 6) is 0.801. The van der Waals surface area contributed by atoms with Crippen LogP contribution in [0.15, 0.2) is 18.2 Å². The number of hydrogen-bond donors (Lipinski definition) is 0. The maximum atomic E-state index is 11.6. The van der Waals surface area contributed by atoms with Gasteiger partial charge in [0.2, 0.25) is 12.3 Å². The molecule has 1 saturated heterocycles. The number of hydrogen-bond acceptors (Lipinski definition) is 2. The van der Waals surface area contributed by atoms with E-state index in [4.69, 9.17) is 0 Å². The van der Waals surface area contributed by atoms with E-state index in [1.54, 1.807) is 6.92 Å². The van der Waals surface area contributed by atoms with Crippen LogP contribution < -0.4 is 0 Å². The molecule has 1 aromatic carbocycles. The second-order valence-electron chi connectivity index (χ2n) is 6.22. The molecule has 3 rings (SSSR count). The van der Waals surface area contributed by atoms with Gasteiger partial charge < -0.3 is 9.80 Å². The molecular weight excluding hydrogens is 264 g/mol. The van der Waals surface area contributed by atoms with Crippen LogP contribution >= 0.6 is 0 Å². The monoisotopic (exact) mass is 286 g/mol. The number of rotatable bonds is 3. The van der Waals surface area contributed by atoms with Gasteiger partial charge in [-0.15, -0.1) is 0 Å². The predicted molar refractivity (Wildman–Crippen MR) is 80.4 cm³/mol. The van der Waals surface area contributed by atoms with Crippen LogP contribution in [-0.4, -0.2) is 35.2 Å². The highest BCUT2D eigenvalue weighted by molar-refractivity contribution is 5.74. The Morgan fingerprint density at radius 1 is 1.29 bits per heavy atom. The molecule has 1 aromatic rings. The zero-order chi connectivity index (χ0) is 14.8. The van der Waals surface area contributed by atoms with Crippen molar-refractivity contribution in [3.63, 3.8) is 0 Å². The van der Waals surface area contributed by atoms with Crippen molar-refractivity contribution in [2.45, 2.75) is 39.3 Å². The highest BCUT2D eigenvalue weighted by Crippen LogP contribution is 2.29. The van der Waals surface area contributed by atoms with Crippen LogP contribution in [0.25, 0.3) is 0 Å². The summed E-state index contributed by atoms with van der Waals surface area (Å²) in [6.07, 6.45) is 4.19. The van der Waals surface area contributed by atoms with E-state index in [0.29, 0.717) is 5.92 Å². The molecule has 1 fully saturated rings. The van der Waals surface area contributed by atoms with E-state index < -0.39 is 0 Å². The van der Waals surface area contributed by atoms with Gasteiger partial charge in [-0.25, -0.2) is 0 Å². The number of piperidine rings is 1. The standard InChI is InChI=1S/C17H22N2O2/c1-13(21)19-10-16-4-2-3-15(17(16)11-19)9-14-5-7-18(12-20)8-6-14/h2-4,12,14H,5-11H2,1H3. The SMILES string of the molecule is CC(=O)N1Cc2cccc(CC3CCN(C=O)CC3)c2C1. The van der Waals surface area contributed by atoms with Crippen molar-refractivity contribution in [1.29, 1.82) is 0 Å². The van der Waals surface area contributed by atoms with Crippen molar-refractivity contribution in [3.05, 3.63) is 34.9 Å². The van der Waals surface area contributed by atoms with Crippen molar-refractivity contribution in [3.8, 4) is 0 Å². The number of nitrogens with zero attached hydrogens (tertiary/aromatic N) is 2. The van der Waals surface area contributed by atoms with E-state index in [2.05, 4.69) is 18.2 Å². The number of carbonyl (C=O) groups excluding carboxylic acids is 2. The Bertz CT molecular complexity index is 548. The Kier molecular flexibility index (Phi) is 3.95. The third-order valence-electron chi connectivity index (χ3n) is 4.83. The van der Waals surface area contributed by atoms with Gasteiger partial charge in [0, 0.05) is 33.1 Å². The van der Waals surface area contributed by atoms with Gasteiger partial charge in [-0.1, -0.05) is 18.2 Å². The highest BCUT2D eigenvalue weighted by Gasteiger charge is 2.25. The molecule has 0 bridgehead atoms. The lowest BCUT2D eigenvalue weighted by Crippen LogP contribution is -2.33. The molecule has 2 heterocycles. The quantitative estimate of drug-likeness (QED) is 0.797. The van der Waals surface area contributed by atoms with Crippen molar-refractivity contribution >= 4 is 12.3 Å². The normalized spacial score (nSPS) is 18.7. The molecule has 21 heavy (non-hydrogen) atoms. The summed E-state index contributed by atoms with van der Waals surface area (Å²) in [6, 6.07) is 6.45. The van der Waals surface area contributed by atoms with Crippen molar-refractivity contribution in [1.82, 2.24) is 9.80 Å². The summed E-state index contributed by atoms with van der Waals surface area (Å²) >= 11 is 0. The minimum absolute atomic E-state index is 0.149. The number of carbonyl (C=O) groups is 2. The zero-order valence-electron chi connectivity index (χ0n) is 12.5. The van der Waals surface area contributed by atoms with Crippen LogP contribution in [-0.2, 0) is 29.1 Å². The van der Waals surface area contributed by atoms with E-state index in [1.807, 2.05) is 9.80 Å². The fourth-order valence-corrected chi connectivity index (χ4v) is 3.48.